The Hall–Kier alpha value is -2.88. The first-order valence-corrected chi connectivity index (χ1v) is 9.10. The molecule has 0 aliphatic heterocycles. The maximum absolute atomic E-state index is 13.7. The van der Waals surface area contributed by atoms with Crippen LogP contribution in [0.15, 0.2) is 48.1 Å². The van der Waals surface area contributed by atoms with Gasteiger partial charge in [0.05, 0.1) is 30.6 Å². The number of benzene rings is 1. The van der Waals surface area contributed by atoms with Crippen molar-refractivity contribution in [3.05, 3.63) is 53.9 Å². The van der Waals surface area contributed by atoms with Crippen molar-refractivity contribution in [2.75, 3.05) is 18.5 Å². The van der Waals surface area contributed by atoms with Crippen molar-refractivity contribution in [2.45, 2.75) is 6.04 Å². The largest absolute Gasteiger partial charge is 0.394 e. The molecule has 3 heterocycles. The second kappa shape index (κ2) is 7.39. The summed E-state index contributed by atoms with van der Waals surface area (Å²) in [4.78, 5) is 14.0. The summed E-state index contributed by atoms with van der Waals surface area (Å²) in [5.41, 5.74) is 2.57. The molecule has 138 valence electrons. The molecule has 3 N–H and O–H groups in total. The average Bonchev–Trinajstić information content (AvgIpc) is 3.27. The van der Waals surface area contributed by atoms with E-state index >= 15 is 0 Å². The molecule has 9 heteroatoms. The molecular formula is C18H16FN5O2S. The molecule has 0 saturated heterocycles. The number of aromatic nitrogens is 4. The Morgan fingerprint density at radius 3 is 2.81 bits per heavy atom. The molecule has 0 amide bonds. The van der Waals surface area contributed by atoms with Gasteiger partial charge in [0.2, 0.25) is 5.95 Å². The number of anilines is 1. The van der Waals surface area contributed by atoms with Crippen molar-refractivity contribution in [1.82, 2.24) is 19.4 Å². The SMILES string of the molecule is OCC(CO)Nc1nccc(-c2c(-c3cccc(F)c3)nc3sccn23)n1. The minimum atomic E-state index is -0.561. The van der Waals surface area contributed by atoms with E-state index < -0.39 is 6.04 Å². The molecule has 4 rings (SSSR count). The lowest BCUT2D eigenvalue weighted by Crippen LogP contribution is -2.28. The van der Waals surface area contributed by atoms with E-state index in [1.165, 1.54) is 23.5 Å². The monoisotopic (exact) mass is 385 g/mol. The molecule has 27 heavy (non-hydrogen) atoms. The molecule has 3 aromatic heterocycles. The van der Waals surface area contributed by atoms with E-state index in [-0.39, 0.29) is 25.0 Å². The summed E-state index contributed by atoms with van der Waals surface area (Å²) in [6.07, 6.45) is 3.46. The molecule has 0 fully saturated rings. The second-order valence-corrected chi connectivity index (χ2v) is 6.72. The third-order valence-electron chi connectivity index (χ3n) is 4.03. The lowest BCUT2D eigenvalue weighted by atomic mass is 10.1. The molecule has 0 spiro atoms. The molecule has 0 unspecified atom stereocenters. The summed E-state index contributed by atoms with van der Waals surface area (Å²) in [6, 6.07) is 7.44. The number of aliphatic hydroxyl groups excluding tert-OH is 2. The predicted octanol–water partition coefficient (Wildman–Crippen LogP) is 2.42. The van der Waals surface area contributed by atoms with Crippen molar-refractivity contribution in [3.8, 4) is 22.6 Å². The molecule has 0 bridgehead atoms. The third kappa shape index (κ3) is 3.39. The number of imidazole rings is 1. The lowest BCUT2D eigenvalue weighted by Gasteiger charge is -2.13. The summed E-state index contributed by atoms with van der Waals surface area (Å²) in [5, 5.41) is 23.3. The zero-order valence-electron chi connectivity index (χ0n) is 14.1. The minimum absolute atomic E-state index is 0.250. The Morgan fingerprint density at radius 2 is 2.04 bits per heavy atom. The van der Waals surface area contributed by atoms with Gasteiger partial charge in [-0.3, -0.25) is 4.40 Å². The maximum atomic E-state index is 13.7. The minimum Gasteiger partial charge on any atom is -0.394 e. The fourth-order valence-electron chi connectivity index (χ4n) is 2.76. The van der Waals surface area contributed by atoms with Crippen molar-refractivity contribution in [3.63, 3.8) is 0 Å². The quantitative estimate of drug-likeness (QED) is 0.472. The molecular weight excluding hydrogens is 369 g/mol. The van der Waals surface area contributed by atoms with Crippen LogP contribution in [0, 0.1) is 5.82 Å². The standard InChI is InChI=1S/C18H16FN5O2S/c19-12-3-1-2-11(8-12)15-16(24-6-7-27-18(24)23-15)14-4-5-20-17(22-14)21-13(9-25)10-26/h1-8,13,25-26H,9-10H2,(H,20,21,22). The van der Waals surface area contributed by atoms with Crippen LogP contribution in [0.1, 0.15) is 0 Å². The summed E-state index contributed by atoms with van der Waals surface area (Å²) >= 11 is 1.47. The Kier molecular flexibility index (Phi) is 4.80. The van der Waals surface area contributed by atoms with E-state index in [0.29, 0.717) is 22.6 Å². The summed E-state index contributed by atoms with van der Waals surface area (Å²) in [7, 11) is 0. The first-order valence-electron chi connectivity index (χ1n) is 8.22. The average molecular weight is 385 g/mol. The highest BCUT2D eigenvalue weighted by molar-refractivity contribution is 7.15. The fourth-order valence-corrected chi connectivity index (χ4v) is 3.47. The molecule has 0 atom stereocenters. The Bertz CT molecular complexity index is 1080. The molecule has 1 aromatic carbocycles. The van der Waals surface area contributed by atoms with Gasteiger partial charge in [0.25, 0.3) is 0 Å². The number of hydrogen-bond acceptors (Lipinski definition) is 7. The molecule has 4 aromatic rings. The maximum Gasteiger partial charge on any atom is 0.223 e. The smallest absolute Gasteiger partial charge is 0.223 e. The fraction of sp³-hybridized carbons (Fsp3) is 0.167. The van der Waals surface area contributed by atoms with E-state index in [0.717, 1.165) is 4.96 Å². The van der Waals surface area contributed by atoms with Crippen LogP contribution in [0.3, 0.4) is 0 Å². The highest BCUT2D eigenvalue weighted by Gasteiger charge is 2.19. The van der Waals surface area contributed by atoms with Gasteiger partial charge in [0.1, 0.15) is 11.5 Å². The van der Waals surface area contributed by atoms with E-state index in [1.807, 2.05) is 16.0 Å². The van der Waals surface area contributed by atoms with Gasteiger partial charge in [-0.25, -0.2) is 19.3 Å². The van der Waals surface area contributed by atoms with Crippen LogP contribution in [-0.2, 0) is 0 Å². The number of hydrogen-bond donors (Lipinski definition) is 3. The van der Waals surface area contributed by atoms with Gasteiger partial charge in [-0.1, -0.05) is 12.1 Å². The van der Waals surface area contributed by atoms with E-state index in [1.54, 1.807) is 24.4 Å². The van der Waals surface area contributed by atoms with Gasteiger partial charge in [0, 0.05) is 23.3 Å². The van der Waals surface area contributed by atoms with Gasteiger partial charge in [-0.2, -0.15) is 0 Å². The van der Waals surface area contributed by atoms with Gasteiger partial charge >= 0.3 is 0 Å². The van der Waals surface area contributed by atoms with Gasteiger partial charge in [0.15, 0.2) is 4.96 Å². The predicted molar refractivity (Wildman–Crippen MR) is 101 cm³/mol. The molecule has 0 radical (unpaired) electrons. The molecule has 0 aliphatic carbocycles. The molecule has 0 aliphatic rings. The van der Waals surface area contributed by atoms with Crippen LogP contribution in [-0.4, -0.2) is 48.8 Å². The second-order valence-electron chi connectivity index (χ2n) is 5.85. The number of rotatable bonds is 6. The first-order chi connectivity index (χ1) is 13.2. The van der Waals surface area contributed by atoms with Crippen LogP contribution in [0.2, 0.25) is 0 Å². The Morgan fingerprint density at radius 1 is 1.19 bits per heavy atom. The normalized spacial score (nSPS) is 11.4. The summed E-state index contributed by atoms with van der Waals surface area (Å²) in [6.45, 7) is -0.500. The summed E-state index contributed by atoms with van der Waals surface area (Å²) in [5.74, 6) is -0.0652. The van der Waals surface area contributed by atoms with Crippen molar-refractivity contribution in [2.24, 2.45) is 0 Å². The molecule has 7 nitrogen and oxygen atoms in total. The Labute approximate surface area is 157 Å². The van der Waals surface area contributed by atoms with Crippen molar-refractivity contribution >= 4 is 22.2 Å². The zero-order chi connectivity index (χ0) is 18.8. The third-order valence-corrected chi connectivity index (χ3v) is 4.79. The number of fused-ring (bicyclic) bond motifs is 1. The van der Waals surface area contributed by atoms with Crippen LogP contribution in [0.5, 0.6) is 0 Å². The first kappa shape index (κ1) is 17.5. The topological polar surface area (TPSA) is 95.6 Å². The van der Waals surface area contributed by atoms with E-state index in [2.05, 4.69) is 20.3 Å². The lowest BCUT2D eigenvalue weighted by molar-refractivity contribution is 0.203. The van der Waals surface area contributed by atoms with Gasteiger partial charge < -0.3 is 15.5 Å². The molecule has 0 saturated carbocycles. The van der Waals surface area contributed by atoms with Gasteiger partial charge in [-0.05, 0) is 18.2 Å². The number of halogens is 1. The number of aliphatic hydroxyl groups is 2. The van der Waals surface area contributed by atoms with Crippen LogP contribution in [0.4, 0.5) is 10.3 Å². The Balaban J connectivity index is 1.84. The zero-order valence-corrected chi connectivity index (χ0v) is 14.9. The number of nitrogens with zero attached hydrogens (tertiary/aromatic N) is 4. The number of thiazole rings is 1. The van der Waals surface area contributed by atoms with E-state index in [9.17, 15) is 14.6 Å². The highest BCUT2D eigenvalue weighted by Crippen LogP contribution is 2.33. The van der Waals surface area contributed by atoms with Gasteiger partial charge in [-0.15, -0.1) is 11.3 Å². The number of nitrogens with one attached hydrogen (secondary N) is 1. The van der Waals surface area contributed by atoms with Crippen molar-refractivity contribution in [1.29, 1.82) is 0 Å². The highest BCUT2D eigenvalue weighted by atomic mass is 32.1. The van der Waals surface area contributed by atoms with Crippen molar-refractivity contribution < 1.29 is 14.6 Å². The van der Waals surface area contributed by atoms with Crippen LogP contribution >= 0.6 is 11.3 Å². The van der Waals surface area contributed by atoms with Crippen LogP contribution < -0.4 is 5.32 Å². The van der Waals surface area contributed by atoms with E-state index in [4.69, 9.17) is 0 Å². The summed E-state index contributed by atoms with van der Waals surface area (Å²) < 4.78 is 15.6. The van der Waals surface area contributed by atoms with Crippen LogP contribution in [0.25, 0.3) is 27.6 Å².